The Balaban J connectivity index is 0.00000108. The standard InChI is InChI=1S/C16H13.2BrH.Ti/c1-12-10-14-8-5-9-15(16(14)11-12)13-6-3-2-4-7-13;;;/h2-11H,1H3;2*1H;/q-1;;;+3/p-2. The predicted molar refractivity (Wildman–Crippen MR) is 69.7 cm³/mol. The van der Waals surface area contributed by atoms with Gasteiger partial charge in [-0.25, -0.2) is 0 Å². The van der Waals surface area contributed by atoms with Crippen molar-refractivity contribution in [2.75, 3.05) is 0 Å². The van der Waals surface area contributed by atoms with Crippen LogP contribution in [0.3, 0.4) is 0 Å². The van der Waals surface area contributed by atoms with Gasteiger partial charge in [-0.1, -0.05) is 48.9 Å². The van der Waals surface area contributed by atoms with Crippen molar-refractivity contribution in [2.45, 2.75) is 6.92 Å². The van der Waals surface area contributed by atoms with Crippen molar-refractivity contribution in [3.8, 4) is 11.1 Å². The van der Waals surface area contributed by atoms with E-state index >= 15 is 0 Å². The number of hydrogen-bond donors (Lipinski definition) is 0. The van der Waals surface area contributed by atoms with Crippen LogP contribution in [0, 0.1) is 6.92 Å². The van der Waals surface area contributed by atoms with Crippen LogP contribution in [0.2, 0.25) is 0 Å². The van der Waals surface area contributed by atoms with Crippen LogP contribution in [0.1, 0.15) is 5.56 Å². The van der Waals surface area contributed by atoms with Crippen molar-refractivity contribution < 1.29 is 55.7 Å². The van der Waals surface area contributed by atoms with Gasteiger partial charge < -0.3 is 34.0 Å². The van der Waals surface area contributed by atoms with Gasteiger partial charge in [-0.15, -0.1) is 34.5 Å². The number of hydrogen-bond acceptors (Lipinski definition) is 0. The van der Waals surface area contributed by atoms with E-state index in [1.807, 2.05) is 0 Å². The van der Waals surface area contributed by atoms with E-state index in [0.717, 1.165) is 0 Å². The van der Waals surface area contributed by atoms with E-state index in [-0.39, 0.29) is 55.7 Å². The topological polar surface area (TPSA) is 0 Å². The second-order valence-corrected chi connectivity index (χ2v) is 4.21. The van der Waals surface area contributed by atoms with E-state index < -0.39 is 0 Å². The molecular formula is C16H13Br2Ti. The molecule has 3 heteroatoms. The molecule has 3 rings (SSSR count). The first kappa shape index (κ1) is 18.7. The van der Waals surface area contributed by atoms with Gasteiger partial charge in [-0.3, -0.25) is 0 Å². The molecule has 95 valence electrons. The fourth-order valence-electron chi connectivity index (χ4n) is 2.25. The third-order valence-electron chi connectivity index (χ3n) is 2.98. The molecular weight excluding hydrogens is 400 g/mol. The molecule has 0 N–H and O–H groups in total. The quantitative estimate of drug-likeness (QED) is 0.338. The van der Waals surface area contributed by atoms with Gasteiger partial charge in [-0.05, 0) is 5.56 Å². The fourth-order valence-corrected chi connectivity index (χ4v) is 2.25. The van der Waals surface area contributed by atoms with E-state index in [2.05, 4.69) is 67.6 Å². The summed E-state index contributed by atoms with van der Waals surface area (Å²) >= 11 is 0. The van der Waals surface area contributed by atoms with Crippen LogP contribution < -0.4 is 34.0 Å². The number of halogens is 2. The molecule has 0 saturated carbocycles. The minimum atomic E-state index is 0. The minimum absolute atomic E-state index is 0. The zero-order valence-corrected chi connectivity index (χ0v) is 15.3. The molecule has 3 aromatic rings. The average Bonchev–Trinajstić information content (AvgIpc) is 2.70. The van der Waals surface area contributed by atoms with Gasteiger partial charge in [0.05, 0.1) is 0 Å². The Bertz CT molecular complexity index is 630. The SMILES string of the molecule is Cc1cc2c(-c3ccccc3)cccc2[cH-]1.[Br-].[Br-].[Ti+3]. The summed E-state index contributed by atoms with van der Waals surface area (Å²) in [5, 5.41) is 2.69. The molecule has 3 aromatic carbocycles. The van der Waals surface area contributed by atoms with Crippen molar-refractivity contribution in [2.24, 2.45) is 0 Å². The van der Waals surface area contributed by atoms with E-state index in [0.29, 0.717) is 0 Å². The molecule has 0 fully saturated rings. The zero-order chi connectivity index (χ0) is 11.0. The monoisotopic (exact) mass is 411 g/mol. The fraction of sp³-hybridized carbons (Fsp3) is 0.0625. The van der Waals surface area contributed by atoms with Crippen LogP contribution in [0.4, 0.5) is 0 Å². The Hall–Kier alpha value is -0.276. The van der Waals surface area contributed by atoms with Gasteiger partial charge >= 0.3 is 21.7 Å². The Labute approximate surface area is 150 Å². The molecule has 0 aliphatic rings. The smallest absolute Gasteiger partial charge is 1.00 e. The largest absolute Gasteiger partial charge is 3.00 e. The molecule has 0 aromatic heterocycles. The first-order valence-electron chi connectivity index (χ1n) is 5.56. The summed E-state index contributed by atoms with van der Waals surface area (Å²) in [7, 11) is 0. The van der Waals surface area contributed by atoms with Gasteiger partial charge in [0.15, 0.2) is 0 Å². The first-order chi connectivity index (χ1) is 7.84. The van der Waals surface area contributed by atoms with Crippen LogP contribution >= 0.6 is 0 Å². The summed E-state index contributed by atoms with van der Waals surface area (Å²) in [5.74, 6) is 0. The van der Waals surface area contributed by atoms with Gasteiger partial charge in [-0.2, -0.15) is 6.07 Å². The maximum Gasteiger partial charge on any atom is 3.00 e. The maximum atomic E-state index is 2.26. The Morgan fingerprint density at radius 1 is 0.842 bits per heavy atom. The van der Waals surface area contributed by atoms with Gasteiger partial charge in [0.25, 0.3) is 0 Å². The van der Waals surface area contributed by atoms with Crippen molar-refractivity contribution >= 4 is 10.8 Å². The zero-order valence-electron chi connectivity index (χ0n) is 10.5. The molecule has 0 heterocycles. The van der Waals surface area contributed by atoms with Crippen LogP contribution in [0.15, 0.2) is 60.7 Å². The second-order valence-electron chi connectivity index (χ2n) is 4.21. The van der Waals surface area contributed by atoms with Crippen molar-refractivity contribution in [1.82, 2.24) is 0 Å². The Morgan fingerprint density at radius 2 is 1.53 bits per heavy atom. The molecule has 1 radical (unpaired) electrons. The summed E-state index contributed by atoms with van der Waals surface area (Å²) in [6, 6.07) is 21.6. The molecule has 0 bridgehead atoms. The van der Waals surface area contributed by atoms with Crippen LogP contribution in [0.25, 0.3) is 21.9 Å². The van der Waals surface area contributed by atoms with E-state index in [1.54, 1.807) is 0 Å². The molecule has 0 nitrogen and oxygen atoms in total. The van der Waals surface area contributed by atoms with E-state index in [4.69, 9.17) is 0 Å². The summed E-state index contributed by atoms with van der Waals surface area (Å²) in [6.07, 6.45) is 0. The van der Waals surface area contributed by atoms with E-state index in [9.17, 15) is 0 Å². The number of rotatable bonds is 1. The molecule has 0 aliphatic carbocycles. The summed E-state index contributed by atoms with van der Waals surface area (Å²) < 4.78 is 0. The Kier molecular flexibility index (Phi) is 7.99. The van der Waals surface area contributed by atoms with Gasteiger partial charge in [0, 0.05) is 0 Å². The number of fused-ring (bicyclic) bond motifs is 1. The van der Waals surface area contributed by atoms with Crippen LogP contribution in [0.5, 0.6) is 0 Å². The van der Waals surface area contributed by atoms with Crippen molar-refractivity contribution in [3.05, 3.63) is 66.2 Å². The molecule has 0 unspecified atom stereocenters. The predicted octanol–water partition coefficient (Wildman–Crippen LogP) is -1.46. The molecule has 0 saturated heterocycles. The summed E-state index contributed by atoms with van der Waals surface area (Å²) in [4.78, 5) is 0. The molecule has 0 amide bonds. The van der Waals surface area contributed by atoms with Gasteiger partial charge in [0.1, 0.15) is 0 Å². The minimum Gasteiger partial charge on any atom is -1.00 e. The average molecular weight is 413 g/mol. The number of benzene rings is 2. The van der Waals surface area contributed by atoms with Gasteiger partial charge in [0.2, 0.25) is 0 Å². The van der Waals surface area contributed by atoms with Crippen LogP contribution in [-0.2, 0) is 21.7 Å². The first-order valence-corrected chi connectivity index (χ1v) is 5.56. The number of aryl methyl sites for hydroxylation is 1. The maximum absolute atomic E-state index is 2.26. The van der Waals surface area contributed by atoms with Crippen molar-refractivity contribution in [1.29, 1.82) is 0 Å². The normalized spacial score (nSPS) is 9.11. The molecule has 0 aliphatic heterocycles. The van der Waals surface area contributed by atoms with Crippen LogP contribution in [-0.4, -0.2) is 0 Å². The summed E-state index contributed by atoms with van der Waals surface area (Å²) in [5.41, 5.74) is 3.95. The molecule has 0 atom stereocenters. The molecule has 19 heavy (non-hydrogen) atoms. The summed E-state index contributed by atoms with van der Waals surface area (Å²) in [6.45, 7) is 2.15. The van der Waals surface area contributed by atoms with E-state index in [1.165, 1.54) is 27.5 Å². The van der Waals surface area contributed by atoms with Crippen molar-refractivity contribution in [3.63, 3.8) is 0 Å². The Morgan fingerprint density at radius 3 is 2.21 bits per heavy atom. The molecule has 0 spiro atoms. The second kappa shape index (κ2) is 8.11. The third-order valence-corrected chi connectivity index (χ3v) is 2.98. The third kappa shape index (κ3) is 3.85.